The van der Waals surface area contributed by atoms with Crippen molar-refractivity contribution in [1.29, 1.82) is 0 Å². The minimum Gasteiger partial charge on any atom is -0.422 e. The highest BCUT2D eigenvalue weighted by Crippen LogP contribution is 2.45. The molecular formula is C23H16FNO2. The zero-order chi connectivity index (χ0) is 18.5. The normalized spacial score (nSPS) is 15.1. The second-order valence-electron chi connectivity index (χ2n) is 6.87. The summed E-state index contributed by atoms with van der Waals surface area (Å²) in [5.74, 6) is -0.625. The van der Waals surface area contributed by atoms with Gasteiger partial charge in [0.05, 0.1) is 11.3 Å². The van der Waals surface area contributed by atoms with E-state index in [-0.39, 0.29) is 17.4 Å². The summed E-state index contributed by atoms with van der Waals surface area (Å²) < 4.78 is 19.1. The molecule has 1 aliphatic heterocycles. The minimum absolute atomic E-state index is 0.303. The van der Waals surface area contributed by atoms with Crippen LogP contribution >= 0.6 is 0 Å². The number of aryl methyl sites for hydroxylation is 1. The molecule has 1 aliphatic rings. The first-order chi connectivity index (χ1) is 13.1. The molecule has 0 bridgehead atoms. The monoisotopic (exact) mass is 357 g/mol. The first-order valence-corrected chi connectivity index (χ1v) is 8.80. The smallest absolute Gasteiger partial charge is 0.342 e. The van der Waals surface area contributed by atoms with Crippen molar-refractivity contribution in [3.8, 4) is 0 Å². The van der Waals surface area contributed by atoms with Crippen LogP contribution in [0.2, 0.25) is 0 Å². The lowest BCUT2D eigenvalue weighted by Crippen LogP contribution is -2.22. The lowest BCUT2D eigenvalue weighted by atomic mass is 9.80. The molecule has 3 nitrogen and oxygen atoms in total. The van der Waals surface area contributed by atoms with Gasteiger partial charge >= 0.3 is 5.63 Å². The lowest BCUT2D eigenvalue weighted by Gasteiger charge is -2.29. The average Bonchev–Trinajstić information content (AvgIpc) is 2.67. The summed E-state index contributed by atoms with van der Waals surface area (Å²) in [4.78, 5) is 12.9. The quantitative estimate of drug-likeness (QED) is 0.404. The summed E-state index contributed by atoms with van der Waals surface area (Å²) in [7, 11) is 0. The number of benzene rings is 3. The fraction of sp³-hybridized carbons (Fsp3) is 0.0870. The highest BCUT2D eigenvalue weighted by molar-refractivity contribution is 5.96. The molecule has 1 N–H and O–H groups in total. The third-order valence-electron chi connectivity index (χ3n) is 5.12. The van der Waals surface area contributed by atoms with E-state index in [9.17, 15) is 9.18 Å². The topological polar surface area (TPSA) is 42.2 Å². The van der Waals surface area contributed by atoms with Crippen LogP contribution in [0.25, 0.3) is 11.0 Å². The van der Waals surface area contributed by atoms with Crippen molar-refractivity contribution >= 4 is 22.3 Å². The van der Waals surface area contributed by atoms with Crippen molar-refractivity contribution < 1.29 is 8.81 Å². The van der Waals surface area contributed by atoms with Gasteiger partial charge in [-0.05, 0) is 48.4 Å². The Kier molecular flexibility index (Phi) is 3.41. The minimum atomic E-state index is -0.377. The van der Waals surface area contributed by atoms with Crippen LogP contribution in [0.1, 0.15) is 28.2 Å². The number of para-hydroxylation sites is 1. The van der Waals surface area contributed by atoms with Crippen LogP contribution in [-0.4, -0.2) is 0 Å². The van der Waals surface area contributed by atoms with Crippen LogP contribution in [0, 0.1) is 12.7 Å². The first-order valence-electron chi connectivity index (χ1n) is 8.80. The van der Waals surface area contributed by atoms with E-state index in [1.807, 2.05) is 37.3 Å². The summed E-state index contributed by atoms with van der Waals surface area (Å²) in [6.45, 7) is 2.01. The van der Waals surface area contributed by atoms with E-state index in [1.165, 1.54) is 12.1 Å². The molecule has 0 spiro atoms. The molecule has 1 atom stereocenters. The molecule has 132 valence electrons. The van der Waals surface area contributed by atoms with Crippen molar-refractivity contribution in [2.45, 2.75) is 12.8 Å². The average molecular weight is 357 g/mol. The van der Waals surface area contributed by atoms with Crippen LogP contribution < -0.4 is 10.9 Å². The standard InChI is InChI=1S/C23H16FNO2/c1-13-6-11-18-17(12-13)20(14-7-9-15(24)10-8-14)21-22(25-18)16-4-2-3-5-19(16)27-23(21)26/h2-12,20,25H,1H3. The Labute approximate surface area is 155 Å². The van der Waals surface area contributed by atoms with Crippen LogP contribution in [0.3, 0.4) is 0 Å². The van der Waals surface area contributed by atoms with Crippen molar-refractivity contribution in [3.05, 3.63) is 105 Å². The molecule has 0 saturated heterocycles. The van der Waals surface area contributed by atoms with Crippen LogP contribution in [0.15, 0.2) is 75.9 Å². The maximum atomic E-state index is 13.5. The van der Waals surface area contributed by atoms with Crippen molar-refractivity contribution in [2.75, 3.05) is 5.32 Å². The number of hydrogen-bond acceptors (Lipinski definition) is 3. The van der Waals surface area contributed by atoms with Gasteiger partial charge in [0.1, 0.15) is 11.4 Å². The van der Waals surface area contributed by atoms with Gasteiger partial charge in [0.25, 0.3) is 0 Å². The van der Waals surface area contributed by atoms with Gasteiger partial charge in [0, 0.05) is 17.0 Å². The summed E-state index contributed by atoms with van der Waals surface area (Å²) in [5, 5.41) is 4.28. The van der Waals surface area contributed by atoms with E-state index in [1.54, 1.807) is 18.2 Å². The molecule has 3 aromatic carbocycles. The van der Waals surface area contributed by atoms with Gasteiger partial charge in [0.15, 0.2) is 0 Å². The van der Waals surface area contributed by atoms with E-state index in [0.717, 1.165) is 33.5 Å². The van der Waals surface area contributed by atoms with Gasteiger partial charge in [-0.15, -0.1) is 0 Å². The largest absolute Gasteiger partial charge is 0.422 e. The summed E-state index contributed by atoms with van der Waals surface area (Å²) in [6, 6.07) is 19.9. The molecular weight excluding hydrogens is 341 g/mol. The molecule has 0 radical (unpaired) electrons. The zero-order valence-electron chi connectivity index (χ0n) is 14.6. The predicted octanol–water partition coefficient (Wildman–Crippen LogP) is 5.48. The fourth-order valence-electron chi connectivity index (χ4n) is 3.89. The SMILES string of the molecule is Cc1ccc2c(c1)C(c1ccc(F)cc1)c1c(c3ccccc3oc1=O)N2. The molecule has 5 rings (SSSR count). The van der Waals surface area contributed by atoms with Crippen LogP contribution in [0.4, 0.5) is 15.8 Å². The number of rotatable bonds is 1. The molecule has 0 amide bonds. The molecule has 0 fully saturated rings. The first kappa shape index (κ1) is 15.8. The third-order valence-corrected chi connectivity index (χ3v) is 5.12. The molecule has 0 aliphatic carbocycles. The second kappa shape index (κ2) is 5.81. The summed E-state index contributed by atoms with van der Waals surface area (Å²) >= 11 is 0. The van der Waals surface area contributed by atoms with Crippen molar-refractivity contribution in [1.82, 2.24) is 0 Å². The maximum absolute atomic E-state index is 13.5. The highest BCUT2D eigenvalue weighted by atomic mass is 19.1. The number of anilines is 2. The van der Waals surface area contributed by atoms with Crippen molar-refractivity contribution in [3.63, 3.8) is 0 Å². The number of nitrogens with one attached hydrogen (secondary N) is 1. The molecule has 4 heteroatoms. The molecule has 0 saturated carbocycles. The van der Waals surface area contributed by atoms with Gasteiger partial charge in [-0.25, -0.2) is 9.18 Å². The molecule has 2 heterocycles. The Morgan fingerprint density at radius 3 is 2.59 bits per heavy atom. The van der Waals surface area contributed by atoms with E-state index >= 15 is 0 Å². The van der Waals surface area contributed by atoms with Gasteiger partial charge in [0.2, 0.25) is 0 Å². The van der Waals surface area contributed by atoms with E-state index < -0.39 is 0 Å². The molecule has 1 aromatic heterocycles. The van der Waals surface area contributed by atoms with E-state index in [0.29, 0.717) is 11.1 Å². The zero-order valence-corrected chi connectivity index (χ0v) is 14.6. The molecule has 4 aromatic rings. The lowest BCUT2D eigenvalue weighted by molar-refractivity contribution is 0.548. The van der Waals surface area contributed by atoms with Crippen molar-refractivity contribution in [2.24, 2.45) is 0 Å². The Hall–Kier alpha value is -3.40. The Balaban J connectivity index is 1.87. The van der Waals surface area contributed by atoms with Crippen LogP contribution in [-0.2, 0) is 0 Å². The Morgan fingerprint density at radius 1 is 1.00 bits per heavy atom. The third kappa shape index (κ3) is 2.45. The van der Waals surface area contributed by atoms with Gasteiger partial charge in [-0.2, -0.15) is 0 Å². The molecule has 27 heavy (non-hydrogen) atoms. The summed E-state index contributed by atoms with van der Waals surface area (Å²) in [5.41, 5.74) is 5.35. The predicted molar refractivity (Wildman–Crippen MR) is 104 cm³/mol. The maximum Gasteiger partial charge on any atom is 0.342 e. The van der Waals surface area contributed by atoms with E-state index in [4.69, 9.17) is 4.42 Å². The van der Waals surface area contributed by atoms with Crippen LogP contribution in [0.5, 0.6) is 0 Å². The van der Waals surface area contributed by atoms with Gasteiger partial charge < -0.3 is 9.73 Å². The number of hydrogen-bond donors (Lipinski definition) is 1. The Morgan fingerprint density at radius 2 is 1.78 bits per heavy atom. The van der Waals surface area contributed by atoms with Gasteiger partial charge in [-0.1, -0.05) is 42.0 Å². The summed E-state index contributed by atoms with van der Waals surface area (Å²) in [6.07, 6.45) is 0. The number of fused-ring (bicyclic) bond motifs is 4. The van der Waals surface area contributed by atoms with E-state index in [2.05, 4.69) is 11.4 Å². The fourth-order valence-corrected chi connectivity index (χ4v) is 3.89. The van der Waals surface area contributed by atoms with Gasteiger partial charge in [-0.3, -0.25) is 0 Å². The number of halogens is 1. The Bertz CT molecular complexity index is 1240. The molecule has 1 unspecified atom stereocenters. The highest BCUT2D eigenvalue weighted by Gasteiger charge is 2.32. The second-order valence-corrected chi connectivity index (χ2v) is 6.87.